The van der Waals surface area contributed by atoms with Crippen LogP contribution in [0, 0.1) is 13.8 Å². The van der Waals surface area contributed by atoms with Crippen LogP contribution in [0.2, 0.25) is 0 Å². The maximum atomic E-state index is 5.66. The summed E-state index contributed by atoms with van der Waals surface area (Å²) < 4.78 is 5.66. The molecule has 0 bridgehead atoms. The number of aryl methyl sites for hydroxylation is 2. The van der Waals surface area contributed by atoms with Crippen molar-refractivity contribution in [1.82, 2.24) is 20.2 Å². The first-order valence-corrected chi connectivity index (χ1v) is 10.1. The predicted molar refractivity (Wildman–Crippen MR) is 109 cm³/mol. The van der Waals surface area contributed by atoms with Crippen molar-refractivity contribution in [3.8, 4) is 0 Å². The summed E-state index contributed by atoms with van der Waals surface area (Å²) in [7, 11) is 0. The van der Waals surface area contributed by atoms with Crippen molar-refractivity contribution in [2.24, 2.45) is 0 Å². The standard InChI is InChI=1S/C20H28N4OS/c1-13-10-17-18(11-14(13)2)23-19(22-17)15-5-7-24(8-6-15)20(26)21-12-16-4-3-9-25-16/h10-11,15-16H,3-9,12H2,1-2H3,(H,21,26)(H,22,23)/t16-/m0/s1. The Morgan fingerprint density at radius 1 is 1.27 bits per heavy atom. The van der Waals surface area contributed by atoms with E-state index in [-0.39, 0.29) is 0 Å². The number of hydrogen-bond acceptors (Lipinski definition) is 3. The van der Waals surface area contributed by atoms with Crippen molar-refractivity contribution in [2.45, 2.75) is 51.6 Å². The number of H-pyrrole nitrogens is 1. The van der Waals surface area contributed by atoms with Crippen molar-refractivity contribution < 1.29 is 4.74 Å². The molecule has 140 valence electrons. The van der Waals surface area contributed by atoms with Gasteiger partial charge in [-0.2, -0.15) is 0 Å². The highest BCUT2D eigenvalue weighted by atomic mass is 32.1. The number of likely N-dealkylation sites (tertiary alicyclic amines) is 1. The Labute approximate surface area is 160 Å². The molecular formula is C20H28N4OS. The minimum atomic E-state index is 0.327. The number of rotatable bonds is 3. The number of hydrogen-bond donors (Lipinski definition) is 2. The molecule has 0 radical (unpaired) electrons. The van der Waals surface area contributed by atoms with Crippen molar-refractivity contribution >= 4 is 28.4 Å². The van der Waals surface area contributed by atoms with Crippen LogP contribution in [0.15, 0.2) is 12.1 Å². The monoisotopic (exact) mass is 372 g/mol. The van der Waals surface area contributed by atoms with Gasteiger partial charge in [0.05, 0.1) is 17.1 Å². The van der Waals surface area contributed by atoms with Gasteiger partial charge >= 0.3 is 0 Å². The number of aromatic nitrogens is 2. The number of piperidine rings is 1. The Balaban J connectivity index is 1.33. The molecule has 3 heterocycles. The van der Waals surface area contributed by atoms with E-state index in [9.17, 15) is 0 Å². The Hall–Kier alpha value is -1.66. The van der Waals surface area contributed by atoms with Gasteiger partial charge in [0.15, 0.2) is 5.11 Å². The molecule has 26 heavy (non-hydrogen) atoms. The highest BCUT2D eigenvalue weighted by molar-refractivity contribution is 7.80. The Morgan fingerprint density at radius 2 is 2.04 bits per heavy atom. The molecule has 1 aromatic heterocycles. The minimum Gasteiger partial charge on any atom is -0.376 e. The fourth-order valence-electron chi connectivity index (χ4n) is 3.96. The number of nitrogens with zero attached hydrogens (tertiary/aromatic N) is 2. The van der Waals surface area contributed by atoms with Gasteiger partial charge in [0.1, 0.15) is 5.82 Å². The molecule has 0 amide bonds. The van der Waals surface area contributed by atoms with E-state index in [1.54, 1.807) is 0 Å². The van der Waals surface area contributed by atoms with Gasteiger partial charge in [0, 0.05) is 32.2 Å². The van der Waals surface area contributed by atoms with Crippen LogP contribution in [0.5, 0.6) is 0 Å². The highest BCUT2D eigenvalue weighted by Gasteiger charge is 2.25. The van der Waals surface area contributed by atoms with Crippen LogP contribution in [-0.4, -0.2) is 52.3 Å². The second kappa shape index (κ2) is 7.53. The fourth-order valence-corrected chi connectivity index (χ4v) is 4.22. The number of ether oxygens (including phenoxy) is 1. The average molecular weight is 373 g/mol. The lowest BCUT2D eigenvalue weighted by atomic mass is 9.96. The van der Waals surface area contributed by atoms with Gasteiger partial charge in [-0.1, -0.05) is 0 Å². The number of fused-ring (bicyclic) bond motifs is 1. The molecule has 2 aromatic rings. The maximum Gasteiger partial charge on any atom is 0.169 e. The fraction of sp³-hybridized carbons (Fsp3) is 0.600. The van der Waals surface area contributed by atoms with Crippen LogP contribution < -0.4 is 5.32 Å². The third-order valence-electron chi connectivity index (χ3n) is 5.79. The van der Waals surface area contributed by atoms with Crippen LogP contribution >= 0.6 is 12.2 Å². The van der Waals surface area contributed by atoms with E-state index in [4.69, 9.17) is 21.9 Å². The lowest BCUT2D eigenvalue weighted by molar-refractivity contribution is 0.113. The molecule has 0 spiro atoms. The second-order valence-electron chi connectivity index (χ2n) is 7.66. The summed E-state index contributed by atoms with van der Waals surface area (Å²) in [4.78, 5) is 10.7. The van der Waals surface area contributed by atoms with Crippen molar-refractivity contribution in [3.63, 3.8) is 0 Å². The molecule has 0 saturated carbocycles. The van der Waals surface area contributed by atoms with Crippen LogP contribution in [0.25, 0.3) is 11.0 Å². The van der Waals surface area contributed by atoms with E-state index in [1.807, 2.05) is 0 Å². The van der Waals surface area contributed by atoms with E-state index >= 15 is 0 Å². The van der Waals surface area contributed by atoms with E-state index in [0.717, 1.165) is 67.5 Å². The molecule has 2 aliphatic heterocycles. The van der Waals surface area contributed by atoms with Gasteiger partial charge in [0.25, 0.3) is 0 Å². The molecular weight excluding hydrogens is 344 g/mol. The zero-order chi connectivity index (χ0) is 18.1. The van der Waals surface area contributed by atoms with Crippen LogP contribution in [0.1, 0.15) is 48.6 Å². The number of aromatic amines is 1. The summed E-state index contributed by atoms with van der Waals surface area (Å²) in [6, 6.07) is 4.39. The van der Waals surface area contributed by atoms with Crippen molar-refractivity contribution in [1.29, 1.82) is 0 Å². The van der Waals surface area contributed by atoms with E-state index in [1.165, 1.54) is 17.5 Å². The van der Waals surface area contributed by atoms with Crippen molar-refractivity contribution in [2.75, 3.05) is 26.2 Å². The normalized spacial score (nSPS) is 21.5. The number of nitrogens with one attached hydrogen (secondary N) is 2. The quantitative estimate of drug-likeness (QED) is 0.809. The van der Waals surface area contributed by atoms with Gasteiger partial charge in [-0.15, -0.1) is 0 Å². The molecule has 0 aliphatic carbocycles. The smallest absolute Gasteiger partial charge is 0.169 e. The number of benzene rings is 1. The Morgan fingerprint density at radius 3 is 2.77 bits per heavy atom. The van der Waals surface area contributed by atoms with Gasteiger partial charge in [-0.3, -0.25) is 0 Å². The topological polar surface area (TPSA) is 53.2 Å². The van der Waals surface area contributed by atoms with Crippen LogP contribution in [0.4, 0.5) is 0 Å². The Bertz CT molecular complexity index is 749. The maximum absolute atomic E-state index is 5.66. The molecule has 2 aliphatic rings. The van der Waals surface area contributed by atoms with Gasteiger partial charge in [-0.25, -0.2) is 4.98 Å². The van der Waals surface area contributed by atoms with Crippen LogP contribution in [-0.2, 0) is 4.74 Å². The summed E-state index contributed by atoms with van der Waals surface area (Å²) in [5.74, 6) is 1.61. The van der Waals surface area contributed by atoms with Crippen LogP contribution in [0.3, 0.4) is 0 Å². The lowest BCUT2D eigenvalue weighted by Gasteiger charge is -2.33. The molecule has 4 rings (SSSR count). The Kier molecular flexibility index (Phi) is 5.14. The summed E-state index contributed by atoms with van der Waals surface area (Å²) in [6.45, 7) is 7.99. The molecule has 2 saturated heterocycles. The van der Waals surface area contributed by atoms with Gasteiger partial charge in [0.2, 0.25) is 0 Å². The number of imidazole rings is 1. The third-order valence-corrected chi connectivity index (χ3v) is 6.19. The summed E-state index contributed by atoms with van der Waals surface area (Å²) in [5.41, 5.74) is 4.84. The van der Waals surface area contributed by atoms with E-state index < -0.39 is 0 Å². The number of thiocarbonyl (C=S) groups is 1. The SMILES string of the molecule is Cc1cc2nc(C3CCN(C(=S)NC[C@@H]4CCCO4)CC3)[nH]c2cc1C. The summed E-state index contributed by atoms with van der Waals surface area (Å²) in [6.07, 6.45) is 4.80. The third kappa shape index (κ3) is 3.71. The first-order valence-electron chi connectivity index (χ1n) is 9.71. The first-order chi connectivity index (χ1) is 12.6. The van der Waals surface area contributed by atoms with E-state index in [2.05, 4.69) is 41.2 Å². The van der Waals surface area contributed by atoms with Crippen molar-refractivity contribution in [3.05, 3.63) is 29.1 Å². The molecule has 0 unspecified atom stereocenters. The van der Waals surface area contributed by atoms with Gasteiger partial charge < -0.3 is 19.9 Å². The molecule has 6 heteroatoms. The largest absolute Gasteiger partial charge is 0.376 e. The highest BCUT2D eigenvalue weighted by Crippen LogP contribution is 2.28. The summed E-state index contributed by atoms with van der Waals surface area (Å²) in [5, 5.41) is 4.26. The van der Waals surface area contributed by atoms with Gasteiger partial charge in [-0.05, 0) is 75.0 Å². The first kappa shape index (κ1) is 17.7. The predicted octanol–water partition coefficient (Wildman–Crippen LogP) is 3.41. The zero-order valence-electron chi connectivity index (χ0n) is 15.7. The minimum absolute atomic E-state index is 0.327. The summed E-state index contributed by atoms with van der Waals surface area (Å²) >= 11 is 5.58. The molecule has 2 N–H and O–H groups in total. The molecule has 1 atom stereocenters. The lowest BCUT2D eigenvalue weighted by Crippen LogP contribution is -2.45. The second-order valence-corrected chi connectivity index (χ2v) is 8.04. The average Bonchev–Trinajstić information content (AvgIpc) is 3.30. The molecule has 2 fully saturated rings. The zero-order valence-corrected chi connectivity index (χ0v) is 16.5. The molecule has 5 nitrogen and oxygen atoms in total. The van der Waals surface area contributed by atoms with E-state index in [0.29, 0.717) is 12.0 Å². The molecule has 1 aromatic carbocycles.